The summed E-state index contributed by atoms with van der Waals surface area (Å²) in [5.41, 5.74) is 1.20. The van der Waals surface area contributed by atoms with Crippen LogP contribution in [0.1, 0.15) is 77.7 Å². The molecule has 0 spiro atoms. The zero-order valence-corrected chi connectivity index (χ0v) is 23.7. The maximum absolute atomic E-state index is 6.83. The molecule has 0 saturated carbocycles. The first-order valence-electron chi connectivity index (χ1n) is 12.3. The molecule has 1 N–H and O–H groups in total. The molecule has 1 aromatic carbocycles. The molecule has 0 unspecified atom stereocenters. The number of halogens is 1. The molecule has 0 bridgehead atoms. The summed E-state index contributed by atoms with van der Waals surface area (Å²) in [7, 11) is 0. The number of hydrogen-bond donors (Lipinski definition) is 1. The van der Waals surface area contributed by atoms with Gasteiger partial charge >= 0.3 is 203 Å². The Kier molecular flexibility index (Phi) is 12.8. The first kappa shape index (κ1) is 26.9. The van der Waals surface area contributed by atoms with Gasteiger partial charge in [-0.2, -0.15) is 0 Å². The van der Waals surface area contributed by atoms with E-state index in [9.17, 15) is 0 Å². The SMILES string of the molecule is CCC[CH2][Sn]([CH3])[C](CCCC)(CCCC)OCCNCc1cc(Cl)cc2ccncc12. The van der Waals surface area contributed by atoms with Gasteiger partial charge in [0.05, 0.1) is 0 Å². The average Bonchev–Trinajstić information content (AvgIpc) is 2.78. The molecule has 5 heteroatoms. The minimum absolute atomic E-state index is 0.220. The summed E-state index contributed by atoms with van der Waals surface area (Å²) in [6, 6.07) is 6.08. The van der Waals surface area contributed by atoms with Gasteiger partial charge < -0.3 is 0 Å². The Morgan fingerprint density at radius 3 is 2.45 bits per heavy atom. The van der Waals surface area contributed by atoms with E-state index < -0.39 is 19.8 Å². The molecule has 0 atom stereocenters. The predicted octanol–water partition coefficient (Wildman–Crippen LogP) is 7.58. The molecule has 2 rings (SSSR count). The molecule has 1 heterocycles. The van der Waals surface area contributed by atoms with Crippen LogP contribution in [0.15, 0.2) is 30.6 Å². The molecule has 31 heavy (non-hydrogen) atoms. The molecule has 1 aromatic heterocycles. The van der Waals surface area contributed by atoms with Crippen molar-refractivity contribution >= 4 is 42.1 Å². The fraction of sp³-hybridized carbons (Fsp3) is 0.654. The molecule has 0 saturated heterocycles. The Morgan fingerprint density at radius 2 is 1.77 bits per heavy atom. The summed E-state index contributed by atoms with van der Waals surface area (Å²) in [5, 5.41) is 6.69. The number of rotatable bonds is 16. The van der Waals surface area contributed by atoms with E-state index >= 15 is 0 Å². The number of aromatic nitrogens is 1. The Labute approximate surface area is 202 Å². The summed E-state index contributed by atoms with van der Waals surface area (Å²) in [5.74, 6) is 0. The molecule has 173 valence electrons. The summed E-state index contributed by atoms with van der Waals surface area (Å²) >= 11 is 4.72. The average molecular weight is 553 g/mol. The van der Waals surface area contributed by atoms with Crippen LogP contribution in [0.25, 0.3) is 10.8 Å². The van der Waals surface area contributed by atoms with E-state index in [2.05, 4.69) is 42.1 Å². The van der Waals surface area contributed by atoms with Crippen LogP contribution in [0.4, 0.5) is 0 Å². The van der Waals surface area contributed by atoms with Gasteiger partial charge in [-0.1, -0.05) is 0 Å². The fourth-order valence-electron chi connectivity index (χ4n) is 4.34. The van der Waals surface area contributed by atoms with Crippen LogP contribution in [-0.4, -0.2) is 41.5 Å². The van der Waals surface area contributed by atoms with Gasteiger partial charge in [-0.25, -0.2) is 0 Å². The summed E-state index contributed by atoms with van der Waals surface area (Å²) in [4.78, 5) is 6.90. The molecular weight excluding hydrogens is 510 g/mol. The number of nitrogens with zero attached hydrogens (tertiary/aromatic N) is 1. The third-order valence-electron chi connectivity index (χ3n) is 6.33. The molecule has 0 amide bonds. The molecule has 0 aliphatic rings. The number of benzene rings is 1. The molecule has 3 nitrogen and oxygen atoms in total. The number of hydrogen-bond acceptors (Lipinski definition) is 3. The van der Waals surface area contributed by atoms with Crippen molar-refractivity contribution in [2.24, 2.45) is 0 Å². The molecule has 2 aromatic rings. The van der Waals surface area contributed by atoms with E-state index in [0.29, 0.717) is 0 Å². The number of fused-ring (bicyclic) bond motifs is 1. The first-order chi connectivity index (χ1) is 15.1. The number of pyridine rings is 1. The van der Waals surface area contributed by atoms with Crippen molar-refractivity contribution < 1.29 is 4.74 Å². The van der Waals surface area contributed by atoms with Crippen molar-refractivity contribution in [1.29, 1.82) is 0 Å². The Balaban J connectivity index is 1.98. The molecular formula is C26H42ClN2OSn. The topological polar surface area (TPSA) is 34.1 Å². The van der Waals surface area contributed by atoms with E-state index in [4.69, 9.17) is 16.3 Å². The molecule has 0 aliphatic carbocycles. The van der Waals surface area contributed by atoms with E-state index in [-0.39, 0.29) is 3.62 Å². The second-order valence-corrected chi connectivity index (χ2v) is 17.7. The third kappa shape index (κ3) is 8.49. The van der Waals surface area contributed by atoms with E-state index in [1.165, 1.54) is 66.8 Å². The van der Waals surface area contributed by atoms with Gasteiger partial charge in [-0.3, -0.25) is 0 Å². The van der Waals surface area contributed by atoms with E-state index in [1.807, 2.05) is 24.5 Å². The van der Waals surface area contributed by atoms with Gasteiger partial charge in [0.1, 0.15) is 0 Å². The van der Waals surface area contributed by atoms with Crippen molar-refractivity contribution in [1.82, 2.24) is 10.3 Å². The summed E-state index contributed by atoms with van der Waals surface area (Å²) in [6.45, 7) is 9.39. The van der Waals surface area contributed by atoms with Crippen LogP contribution in [0.5, 0.6) is 0 Å². The van der Waals surface area contributed by atoms with Crippen LogP contribution in [0, 0.1) is 0 Å². The summed E-state index contributed by atoms with van der Waals surface area (Å²) in [6.07, 6.45) is 14.1. The minimum atomic E-state index is -1.61. The fourth-order valence-corrected chi connectivity index (χ4v) is 12.8. The van der Waals surface area contributed by atoms with Crippen molar-refractivity contribution in [3.8, 4) is 0 Å². The zero-order chi connectivity index (χ0) is 22.5. The Morgan fingerprint density at radius 1 is 1.06 bits per heavy atom. The number of ether oxygens (including phenoxy) is 1. The van der Waals surface area contributed by atoms with Crippen molar-refractivity contribution in [2.45, 2.75) is 91.7 Å². The predicted molar refractivity (Wildman–Crippen MR) is 138 cm³/mol. The van der Waals surface area contributed by atoms with Crippen molar-refractivity contribution in [3.63, 3.8) is 0 Å². The number of unbranched alkanes of at least 4 members (excludes halogenated alkanes) is 3. The van der Waals surface area contributed by atoms with Gasteiger partial charge in [0, 0.05) is 0 Å². The van der Waals surface area contributed by atoms with Crippen molar-refractivity contribution in [2.75, 3.05) is 13.2 Å². The summed E-state index contributed by atoms with van der Waals surface area (Å²) < 4.78 is 8.51. The Hall–Kier alpha value is -0.361. The zero-order valence-electron chi connectivity index (χ0n) is 20.1. The van der Waals surface area contributed by atoms with Gasteiger partial charge in [-0.15, -0.1) is 0 Å². The molecule has 0 aliphatic heterocycles. The molecule has 0 fully saturated rings. The quantitative estimate of drug-likeness (QED) is 0.172. The van der Waals surface area contributed by atoms with Gasteiger partial charge in [0.15, 0.2) is 0 Å². The van der Waals surface area contributed by atoms with Gasteiger partial charge in [0.2, 0.25) is 0 Å². The van der Waals surface area contributed by atoms with Crippen LogP contribution >= 0.6 is 11.6 Å². The third-order valence-corrected chi connectivity index (χ3v) is 16.0. The van der Waals surface area contributed by atoms with Crippen LogP contribution in [0.2, 0.25) is 14.4 Å². The Bertz CT molecular complexity index is 762. The van der Waals surface area contributed by atoms with E-state index in [1.54, 1.807) is 0 Å². The molecule has 1 radical (unpaired) electrons. The monoisotopic (exact) mass is 553 g/mol. The number of nitrogens with one attached hydrogen (secondary N) is 1. The maximum atomic E-state index is 6.83. The van der Waals surface area contributed by atoms with Crippen LogP contribution in [0.3, 0.4) is 0 Å². The van der Waals surface area contributed by atoms with Crippen molar-refractivity contribution in [3.05, 3.63) is 41.2 Å². The second kappa shape index (κ2) is 14.7. The van der Waals surface area contributed by atoms with Crippen LogP contribution < -0.4 is 5.32 Å². The van der Waals surface area contributed by atoms with E-state index in [0.717, 1.165) is 30.1 Å². The second-order valence-electron chi connectivity index (χ2n) is 8.77. The van der Waals surface area contributed by atoms with Gasteiger partial charge in [0.25, 0.3) is 0 Å². The standard InChI is InChI=1S/C21H30ClN2O.C4H9.CH3.Sn/c1-3-5-7-20(8-6-4-2)25-12-11-24-15-18-14-19(22)13-17-9-10-23-16-21(17)18;1-3-4-2;;/h9-10,13-14,16,24H,3-8,11-12,15H2,1-2H3;1,3-4H2,2H3;1H3;. The normalized spacial score (nSPS) is 12.2. The van der Waals surface area contributed by atoms with Gasteiger partial charge in [-0.05, 0) is 0 Å². The van der Waals surface area contributed by atoms with Crippen LogP contribution in [-0.2, 0) is 11.3 Å². The first-order valence-corrected chi connectivity index (χ1v) is 18.9.